The summed E-state index contributed by atoms with van der Waals surface area (Å²) in [5.74, 6) is 0.404. The molecule has 0 aliphatic carbocycles. The van der Waals surface area contributed by atoms with Crippen LogP contribution in [0.2, 0.25) is 0 Å². The van der Waals surface area contributed by atoms with Crippen molar-refractivity contribution in [2.24, 2.45) is 0 Å². The summed E-state index contributed by atoms with van der Waals surface area (Å²) in [6, 6.07) is 8.37. The maximum atomic E-state index is 13.1. The lowest BCUT2D eigenvalue weighted by molar-refractivity contribution is 0.0786. The Balaban J connectivity index is 1.46. The van der Waals surface area contributed by atoms with E-state index in [0.29, 0.717) is 11.6 Å². The summed E-state index contributed by atoms with van der Waals surface area (Å²) in [5.41, 5.74) is 2.31. The van der Waals surface area contributed by atoms with Gasteiger partial charge < -0.3 is 14.7 Å². The molecule has 6 nitrogen and oxygen atoms in total. The Hall–Kier alpha value is -2.70. The Kier molecular flexibility index (Phi) is 4.92. The molecule has 1 aromatic carbocycles. The molecule has 1 amide bonds. The van der Waals surface area contributed by atoms with E-state index >= 15 is 0 Å². The van der Waals surface area contributed by atoms with Gasteiger partial charge in [0.25, 0.3) is 5.91 Å². The number of rotatable bonds is 3. The van der Waals surface area contributed by atoms with Gasteiger partial charge in [-0.3, -0.25) is 4.79 Å². The van der Waals surface area contributed by atoms with Crippen LogP contribution in [-0.4, -0.2) is 60.0 Å². The minimum Gasteiger partial charge on any atom is -0.368 e. The quantitative estimate of drug-likeness (QED) is 0.832. The van der Waals surface area contributed by atoms with Crippen LogP contribution in [0.5, 0.6) is 0 Å². The van der Waals surface area contributed by atoms with Crippen molar-refractivity contribution in [1.82, 2.24) is 14.9 Å². The molecule has 2 aliphatic rings. The third kappa shape index (κ3) is 3.86. The van der Waals surface area contributed by atoms with E-state index in [1.54, 1.807) is 18.2 Å². The molecule has 4 rings (SSSR count). The Morgan fingerprint density at radius 3 is 2.22 bits per heavy atom. The predicted molar refractivity (Wildman–Crippen MR) is 103 cm³/mol. The van der Waals surface area contributed by atoms with Gasteiger partial charge in [0.1, 0.15) is 11.5 Å². The summed E-state index contributed by atoms with van der Waals surface area (Å²) in [4.78, 5) is 28.0. The fourth-order valence-electron chi connectivity index (χ4n) is 3.70. The number of aromatic nitrogens is 2. The number of aryl methyl sites for hydroxylation is 1. The zero-order chi connectivity index (χ0) is 18.8. The first kappa shape index (κ1) is 17.7. The maximum Gasteiger partial charge on any atom is 0.272 e. The number of hydrogen-bond acceptors (Lipinski definition) is 5. The molecule has 0 saturated carbocycles. The van der Waals surface area contributed by atoms with Crippen LogP contribution in [0, 0.1) is 12.7 Å². The highest BCUT2D eigenvalue weighted by atomic mass is 19.1. The third-order valence-corrected chi connectivity index (χ3v) is 5.21. The number of halogens is 1. The zero-order valence-electron chi connectivity index (χ0n) is 15.6. The minimum absolute atomic E-state index is 0.00389. The van der Waals surface area contributed by atoms with Crippen LogP contribution < -0.4 is 9.80 Å². The van der Waals surface area contributed by atoms with E-state index in [1.807, 2.05) is 11.8 Å². The van der Waals surface area contributed by atoms with E-state index in [4.69, 9.17) is 0 Å². The van der Waals surface area contributed by atoms with Crippen LogP contribution in [0.4, 0.5) is 16.0 Å². The van der Waals surface area contributed by atoms with Gasteiger partial charge in [0.15, 0.2) is 0 Å². The minimum atomic E-state index is -0.222. The van der Waals surface area contributed by atoms with Crippen molar-refractivity contribution in [1.29, 1.82) is 0 Å². The third-order valence-electron chi connectivity index (χ3n) is 5.21. The molecule has 0 bridgehead atoms. The average Bonchev–Trinajstić information content (AvgIpc) is 3.22. The van der Waals surface area contributed by atoms with Crippen molar-refractivity contribution in [3.63, 3.8) is 0 Å². The van der Waals surface area contributed by atoms with Gasteiger partial charge in [-0.05, 0) is 50.1 Å². The number of nitrogens with zero attached hydrogens (tertiary/aromatic N) is 5. The van der Waals surface area contributed by atoms with Crippen LogP contribution in [-0.2, 0) is 0 Å². The summed E-state index contributed by atoms with van der Waals surface area (Å²) in [5, 5.41) is 0. The molecule has 27 heavy (non-hydrogen) atoms. The number of benzene rings is 1. The SMILES string of the molecule is Cc1cc(C(=O)N2CCCC2)nc(N2CCN(c3ccc(F)cc3)CC2)n1. The summed E-state index contributed by atoms with van der Waals surface area (Å²) < 4.78 is 13.1. The van der Waals surface area contributed by atoms with Gasteiger partial charge in [-0.1, -0.05) is 0 Å². The Labute approximate surface area is 158 Å². The Morgan fingerprint density at radius 2 is 1.56 bits per heavy atom. The number of amides is 1. The van der Waals surface area contributed by atoms with Gasteiger partial charge in [-0.25, -0.2) is 14.4 Å². The molecule has 0 atom stereocenters. The molecule has 7 heteroatoms. The molecule has 1 aromatic heterocycles. The summed E-state index contributed by atoms with van der Waals surface area (Å²) in [6.07, 6.45) is 2.13. The smallest absolute Gasteiger partial charge is 0.272 e. The fraction of sp³-hybridized carbons (Fsp3) is 0.450. The van der Waals surface area contributed by atoms with Crippen molar-refractivity contribution in [3.8, 4) is 0 Å². The molecular formula is C20H24FN5O. The van der Waals surface area contributed by atoms with Gasteiger partial charge in [-0.15, -0.1) is 0 Å². The largest absolute Gasteiger partial charge is 0.368 e. The molecular weight excluding hydrogens is 345 g/mol. The number of anilines is 2. The summed E-state index contributed by atoms with van der Waals surface area (Å²) in [7, 11) is 0. The number of hydrogen-bond donors (Lipinski definition) is 0. The van der Waals surface area contributed by atoms with Crippen molar-refractivity contribution in [2.75, 3.05) is 49.1 Å². The first-order valence-corrected chi connectivity index (χ1v) is 9.50. The first-order valence-electron chi connectivity index (χ1n) is 9.50. The highest BCUT2D eigenvalue weighted by Crippen LogP contribution is 2.20. The van der Waals surface area contributed by atoms with Crippen molar-refractivity contribution in [3.05, 3.63) is 47.5 Å². The number of carbonyl (C=O) groups excluding carboxylic acids is 1. The second-order valence-corrected chi connectivity index (χ2v) is 7.14. The van der Waals surface area contributed by atoms with E-state index in [9.17, 15) is 9.18 Å². The van der Waals surface area contributed by atoms with Gasteiger partial charge in [0.05, 0.1) is 0 Å². The van der Waals surface area contributed by atoms with Crippen molar-refractivity contribution in [2.45, 2.75) is 19.8 Å². The highest BCUT2D eigenvalue weighted by molar-refractivity contribution is 5.92. The van der Waals surface area contributed by atoms with E-state index in [-0.39, 0.29) is 11.7 Å². The molecule has 2 saturated heterocycles. The molecule has 0 N–H and O–H groups in total. The van der Waals surface area contributed by atoms with Gasteiger partial charge >= 0.3 is 0 Å². The molecule has 0 radical (unpaired) electrons. The molecule has 0 spiro atoms. The second-order valence-electron chi connectivity index (χ2n) is 7.14. The zero-order valence-corrected chi connectivity index (χ0v) is 15.6. The molecule has 142 valence electrons. The number of piperazine rings is 1. The highest BCUT2D eigenvalue weighted by Gasteiger charge is 2.24. The average molecular weight is 369 g/mol. The Morgan fingerprint density at radius 1 is 0.926 bits per heavy atom. The molecule has 2 fully saturated rings. The summed E-state index contributed by atoms with van der Waals surface area (Å²) in [6.45, 7) is 6.66. The maximum absolute atomic E-state index is 13.1. The van der Waals surface area contributed by atoms with Crippen LogP contribution in [0.25, 0.3) is 0 Å². The van der Waals surface area contributed by atoms with Crippen LogP contribution in [0.15, 0.2) is 30.3 Å². The molecule has 3 heterocycles. The molecule has 2 aliphatic heterocycles. The van der Waals surface area contributed by atoms with Crippen molar-refractivity contribution >= 4 is 17.5 Å². The lowest BCUT2D eigenvalue weighted by Crippen LogP contribution is -2.47. The van der Waals surface area contributed by atoms with Crippen LogP contribution in [0.3, 0.4) is 0 Å². The van der Waals surface area contributed by atoms with E-state index in [2.05, 4.69) is 19.8 Å². The lowest BCUT2D eigenvalue weighted by Gasteiger charge is -2.36. The monoisotopic (exact) mass is 369 g/mol. The van der Waals surface area contributed by atoms with E-state index < -0.39 is 0 Å². The second kappa shape index (κ2) is 7.50. The van der Waals surface area contributed by atoms with Gasteiger partial charge in [-0.2, -0.15) is 0 Å². The summed E-state index contributed by atoms with van der Waals surface area (Å²) >= 11 is 0. The topological polar surface area (TPSA) is 52.6 Å². The first-order chi connectivity index (χ1) is 13.1. The van der Waals surface area contributed by atoms with Gasteiger partial charge in [0, 0.05) is 50.6 Å². The van der Waals surface area contributed by atoms with Crippen molar-refractivity contribution < 1.29 is 9.18 Å². The molecule has 0 unspecified atom stereocenters. The van der Waals surface area contributed by atoms with Crippen LogP contribution >= 0.6 is 0 Å². The fourth-order valence-corrected chi connectivity index (χ4v) is 3.70. The van der Waals surface area contributed by atoms with Gasteiger partial charge in [0.2, 0.25) is 5.95 Å². The van der Waals surface area contributed by atoms with Crippen LogP contribution in [0.1, 0.15) is 29.0 Å². The Bertz CT molecular complexity index is 812. The number of likely N-dealkylation sites (tertiary alicyclic amines) is 1. The van der Waals surface area contributed by atoms with E-state index in [1.165, 1.54) is 12.1 Å². The van der Waals surface area contributed by atoms with E-state index in [0.717, 1.165) is 63.5 Å². The predicted octanol–water partition coefficient (Wildman–Crippen LogP) is 2.49. The molecule has 2 aromatic rings. The standard InChI is InChI=1S/C20H24FN5O/c1-15-14-18(19(27)25-8-2-3-9-25)23-20(22-15)26-12-10-24(11-13-26)17-6-4-16(21)5-7-17/h4-7,14H,2-3,8-13H2,1H3. The normalized spacial score (nSPS) is 17.5. The lowest BCUT2D eigenvalue weighted by atomic mass is 10.2. The number of carbonyl (C=O) groups is 1.